The third-order valence-electron chi connectivity index (χ3n) is 11.1. The van der Waals surface area contributed by atoms with Crippen molar-refractivity contribution in [2.75, 3.05) is 37.7 Å². The molecule has 0 radical (unpaired) electrons. The largest absolute Gasteiger partial charge is 0.475 e. The second-order valence-corrected chi connectivity index (χ2v) is 15.8. The molecule has 4 saturated heterocycles. The first-order valence-electron chi connectivity index (χ1n) is 17.5. The van der Waals surface area contributed by atoms with Gasteiger partial charge in [-0.1, -0.05) is 41.9 Å². The molecule has 4 fully saturated rings. The maximum absolute atomic E-state index is 17.1. The number of anilines is 1. The summed E-state index contributed by atoms with van der Waals surface area (Å²) in [7, 11) is 0. The van der Waals surface area contributed by atoms with Gasteiger partial charge in [-0.05, 0) is 64.5 Å². The molecule has 13 heteroatoms. The van der Waals surface area contributed by atoms with Gasteiger partial charge in [0.25, 0.3) is 0 Å². The summed E-state index contributed by atoms with van der Waals surface area (Å²) >= 11 is 6.69. The molecule has 0 spiro atoms. The highest BCUT2D eigenvalue weighted by Gasteiger charge is 2.52. The van der Waals surface area contributed by atoms with Gasteiger partial charge in [0.2, 0.25) is 5.88 Å². The van der Waals surface area contributed by atoms with Gasteiger partial charge in [-0.2, -0.15) is 9.97 Å². The van der Waals surface area contributed by atoms with E-state index < -0.39 is 23.1 Å². The van der Waals surface area contributed by atoms with Gasteiger partial charge in [0.05, 0.1) is 23.7 Å². The second-order valence-electron chi connectivity index (χ2n) is 15.4. The van der Waals surface area contributed by atoms with Gasteiger partial charge in [0.15, 0.2) is 5.82 Å². The normalized spacial score (nSPS) is 27.3. The van der Waals surface area contributed by atoms with E-state index in [-0.39, 0.29) is 60.5 Å². The van der Waals surface area contributed by atoms with Crippen LogP contribution in [0.15, 0.2) is 36.4 Å². The fourth-order valence-corrected chi connectivity index (χ4v) is 9.33. The van der Waals surface area contributed by atoms with E-state index in [4.69, 9.17) is 35.8 Å². The number of carbonyl (C=O) groups excluding carboxylic acids is 1. The predicted molar refractivity (Wildman–Crippen MR) is 185 cm³/mol. The van der Waals surface area contributed by atoms with Crippen LogP contribution in [0.1, 0.15) is 52.9 Å². The van der Waals surface area contributed by atoms with Crippen LogP contribution in [0.25, 0.3) is 32.9 Å². The van der Waals surface area contributed by atoms with Gasteiger partial charge in [-0.3, -0.25) is 9.80 Å². The molecule has 50 heavy (non-hydrogen) atoms. The van der Waals surface area contributed by atoms with Gasteiger partial charge in [-0.15, -0.1) is 0 Å². The molecule has 10 nitrogen and oxygen atoms in total. The lowest BCUT2D eigenvalue weighted by atomic mass is 9.95. The third kappa shape index (κ3) is 5.04. The zero-order chi connectivity index (χ0) is 34.5. The summed E-state index contributed by atoms with van der Waals surface area (Å²) in [6, 6.07) is 10.4. The van der Waals surface area contributed by atoms with E-state index in [1.165, 1.54) is 0 Å². The summed E-state index contributed by atoms with van der Waals surface area (Å²) in [5.74, 6) is 0.00728. The number of piperazine rings is 1. The van der Waals surface area contributed by atoms with Crippen molar-refractivity contribution in [2.45, 2.75) is 88.3 Å². The Hall–Kier alpha value is -4.03. The molecule has 0 aliphatic carbocycles. The van der Waals surface area contributed by atoms with Crippen LogP contribution in [0.2, 0.25) is 5.02 Å². The smallest absolute Gasteiger partial charge is 0.410 e. The topological polar surface area (TPSA) is 93.1 Å². The van der Waals surface area contributed by atoms with Crippen LogP contribution in [0, 0.1) is 5.82 Å². The molecule has 7 heterocycles. The Morgan fingerprint density at radius 3 is 2.72 bits per heavy atom. The van der Waals surface area contributed by atoms with Crippen molar-refractivity contribution in [1.82, 2.24) is 24.8 Å². The van der Waals surface area contributed by atoms with E-state index in [1.807, 2.05) is 49.9 Å². The Morgan fingerprint density at radius 1 is 1.08 bits per heavy atom. The maximum atomic E-state index is 17.1. The Morgan fingerprint density at radius 2 is 1.90 bits per heavy atom. The standard InChI is InChI=1S/C37H39ClF2N6O4/c1-36(2,3)50-35(47)46-22-11-12-25(46)26-18-48-33-28-31(29(40)30(41-33)23-9-4-7-20-8-5-10-24(38)27(20)23)42-34(43-32(28)45(26)17-22)49-19-37-13-6-14-44(37)16-21(39)15-37/h4-5,7-10,21-22,25-26H,6,11-19H2,1-3H3/t21-,22+,25-,26+,37+/m1/s1. The fraction of sp³-hybridized carbons (Fsp3) is 0.514. The number of hydrogen-bond acceptors (Lipinski definition) is 9. The highest BCUT2D eigenvalue weighted by atomic mass is 35.5. The first-order valence-corrected chi connectivity index (χ1v) is 17.9. The number of alkyl halides is 1. The number of aromatic nitrogens is 3. The van der Waals surface area contributed by atoms with E-state index in [0.717, 1.165) is 37.6 Å². The third-order valence-corrected chi connectivity index (χ3v) is 11.4. The Bertz CT molecular complexity index is 2040. The van der Waals surface area contributed by atoms with Crippen LogP contribution < -0.4 is 14.4 Å². The monoisotopic (exact) mass is 704 g/mol. The minimum absolute atomic E-state index is 0.0107. The maximum Gasteiger partial charge on any atom is 0.410 e. The van der Waals surface area contributed by atoms with Gasteiger partial charge >= 0.3 is 12.1 Å². The van der Waals surface area contributed by atoms with Crippen molar-refractivity contribution in [3.05, 3.63) is 47.2 Å². The molecular formula is C37H39ClF2N6O4. The molecule has 0 N–H and O–H groups in total. The van der Waals surface area contributed by atoms with Gasteiger partial charge in [0.1, 0.15) is 47.4 Å². The highest BCUT2D eigenvalue weighted by Crippen LogP contribution is 2.47. The zero-order valence-corrected chi connectivity index (χ0v) is 29.1. The molecule has 9 rings (SSSR count). The zero-order valence-electron chi connectivity index (χ0n) is 28.3. The Labute approximate surface area is 293 Å². The van der Waals surface area contributed by atoms with Gasteiger partial charge < -0.3 is 19.1 Å². The first-order chi connectivity index (χ1) is 24.0. The number of hydrogen-bond donors (Lipinski definition) is 0. The van der Waals surface area contributed by atoms with Crippen LogP contribution in [-0.2, 0) is 4.74 Å². The van der Waals surface area contributed by atoms with Crippen LogP contribution in [0.5, 0.6) is 11.9 Å². The molecule has 5 atom stereocenters. The highest BCUT2D eigenvalue weighted by molar-refractivity contribution is 6.36. The molecule has 2 aromatic heterocycles. The van der Waals surface area contributed by atoms with E-state index in [1.54, 1.807) is 12.1 Å². The Kier molecular flexibility index (Phi) is 7.34. The summed E-state index contributed by atoms with van der Waals surface area (Å²) < 4.78 is 50.4. The first kappa shape index (κ1) is 31.9. The Balaban J connectivity index is 1.18. The predicted octanol–water partition coefficient (Wildman–Crippen LogP) is 6.94. The van der Waals surface area contributed by atoms with Crippen LogP contribution >= 0.6 is 11.6 Å². The van der Waals surface area contributed by atoms with Crippen molar-refractivity contribution in [1.29, 1.82) is 0 Å². The van der Waals surface area contributed by atoms with Crippen molar-refractivity contribution in [3.8, 4) is 23.1 Å². The molecule has 0 saturated carbocycles. The van der Waals surface area contributed by atoms with E-state index in [0.29, 0.717) is 46.7 Å². The molecule has 5 aliphatic heterocycles. The minimum atomic E-state index is -0.920. The lowest BCUT2D eigenvalue weighted by Gasteiger charge is -2.46. The summed E-state index contributed by atoms with van der Waals surface area (Å²) in [5.41, 5.74) is -0.509. The van der Waals surface area contributed by atoms with Crippen molar-refractivity contribution >= 4 is 45.2 Å². The fourth-order valence-electron chi connectivity index (χ4n) is 9.05. The minimum Gasteiger partial charge on any atom is -0.475 e. The van der Waals surface area contributed by atoms with Crippen LogP contribution in [0.3, 0.4) is 0 Å². The van der Waals surface area contributed by atoms with E-state index in [2.05, 4.69) is 14.8 Å². The number of amides is 1. The number of ether oxygens (including phenoxy) is 3. The molecule has 4 aromatic rings. The SMILES string of the molecule is CC(C)(C)OC(=O)N1[C@H]2CC[C@@H]1[C@@H]1COc3nc(-c4cccc5cccc(Cl)c45)c(F)c4nc(OC[C@@]56CCCN5C[C@H](F)C6)nc(c34)N1C2. The molecule has 0 unspecified atom stereocenters. The van der Waals surface area contributed by atoms with E-state index >= 15 is 4.39 Å². The number of pyridine rings is 1. The molecule has 1 amide bonds. The lowest BCUT2D eigenvalue weighted by Crippen LogP contribution is -2.63. The number of benzene rings is 2. The quantitative estimate of drug-likeness (QED) is 0.224. The lowest BCUT2D eigenvalue weighted by molar-refractivity contribution is 0.00538. The summed E-state index contributed by atoms with van der Waals surface area (Å²) in [6.45, 7) is 7.60. The van der Waals surface area contributed by atoms with Crippen molar-refractivity contribution in [2.24, 2.45) is 0 Å². The molecule has 5 aliphatic rings. The molecule has 2 bridgehead atoms. The average Bonchev–Trinajstić information content (AvgIpc) is 3.67. The summed E-state index contributed by atoms with van der Waals surface area (Å²) in [5, 5.41) is 2.33. The number of fused-ring (bicyclic) bond motifs is 7. The van der Waals surface area contributed by atoms with E-state index in [9.17, 15) is 9.18 Å². The molecule has 2 aromatic carbocycles. The molecule has 262 valence electrons. The number of nitrogens with zero attached hydrogens (tertiary/aromatic N) is 6. The number of halogens is 3. The summed E-state index contributed by atoms with van der Waals surface area (Å²) in [4.78, 5) is 34.1. The summed E-state index contributed by atoms with van der Waals surface area (Å²) in [6.07, 6.45) is 2.43. The van der Waals surface area contributed by atoms with Crippen molar-refractivity contribution < 1.29 is 27.8 Å². The molecular weight excluding hydrogens is 666 g/mol. The van der Waals surface area contributed by atoms with Gasteiger partial charge in [0, 0.05) is 35.5 Å². The average molecular weight is 705 g/mol. The van der Waals surface area contributed by atoms with Crippen molar-refractivity contribution in [3.63, 3.8) is 0 Å². The second kappa shape index (κ2) is 11.5. The van der Waals surface area contributed by atoms with Crippen LogP contribution in [0.4, 0.5) is 19.4 Å². The number of carbonyl (C=O) groups is 1. The van der Waals surface area contributed by atoms with Crippen LogP contribution in [-0.4, -0.2) is 99.1 Å². The number of rotatable bonds is 4. The van der Waals surface area contributed by atoms with Gasteiger partial charge in [-0.25, -0.2) is 18.6 Å².